The Labute approximate surface area is 206 Å². The van der Waals surface area contributed by atoms with E-state index in [4.69, 9.17) is 27.1 Å². The van der Waals surface area contributed by atoms with E-state index in [1.807, 2.05) is 0 Å². The zero-order valence-corrected chi connectivity index (χ0v) is 21.4. The van der Waals surface area contributed by atoms with E-state index in [0.29, 0.717) is 36.5 Å². The van der Waals surface area contributed by atoms with Crippen LogP contribution in [0.1, 0.15) is 0 Å². The van der Waals surface area contributed by atoms with Crippen LogP contribution in [-0.4, -0.2) is 35.8 Å². The van der Waals surface area contributed by atoms with Crippen molar-refractivity contribution < 1.29 is 55.9 Å². The maximum atomic E-state index is 12.2. The maximum absolute atomic E-state index is 12.2. The van der Waals surface area contributed by atoms with E-state index in [-0.39, 0.29) is 0 Å². The molecule has 0 bridgehead atoms. The van der Waals surface area contributed by atoms with Crippen LogP contribution in [0.5, 0.6) is 0 Å². The van der Waals surface area contributed by atoms with Gasteiger partial charge in [0.1, 0.15) is 0 Å². The van der Waals surface area contributed by atoms with Gasteiger partial charge in [-0.05, 0) is 0 Å². The van der Waals surface area contributed by atoms with Gasteiger partial charge in [-0.1, -0.05) is 0 Å². The molecule has 196 valence electrons. The summed E-state index contributed by atoms with van der Waals surface area (Å²) in [5.41, 5.74) is 0. The molecule has 0 saturated heterocycles. The Kier molecular flexibility index (Phi) is 10.8. The van der Waals surface area contributed by atoms with Crippen LogP contribution in [0.25, 0.3) is 0 Å². The SMILES string of the molecule is C=CC(=O)OP1(OC(=O)C=C)=N[PH](OC(=O)C=C)(OC(=O)C=C)N[PH](OC(=O)C=C)(OC(=O)C=C)N1. The fraction of sp³-hybridized carbons (Fsp3) is 0. The molecule has 0 amide bonds. The Hall–Kier alpha value is -3.73. The average Bonchev–Trinajstić information content (AvgIpc) is 2.82. The van der Waals surface area contributed by atoms with E-state index < -0.39 is 59.5 Å². The number of nitrogens with one attached hydrogen (secondary N) is 2. The standard InChI is InChI=1S/C18H22N3O12P3/c1-7-13(22)28-34(29-14(23)8-2)19-35(30-15(24)9-3,31-16(25)10-4)21-36(20-34,32-17(26)11-5)33-18(27)12-6/h7-12,19-20,34-35H,1-6H2. The topological polar surface area (TPSA) is 194 Å². The third-order valence-electron chi connectivity index (χ3n) is 3.27. The summed E-state index contributed by atoms with van der Waals surface area (Å²) in [6.07, 6.45) is 3.82. The number of hydrogen-bond donors (Lipinski definition) is 2. The molecular weight excluding hydrogens is 543 g/mol. The number of carbonyl (C=O) groups excluding carboxylic acids is 6. The molecule has 0 aromatic heterocycles. The Morgan fingerprint density at radius 1 is 0.583 bits per heavy atom. The van der Waals surface area contributed by atoms with Crippen LogP contribution in [0.4, 0.5) is 0 Å². The molecule has 0 aliphatic carbocycles. The van der Waals surface area contributed by atoms with Crippen molar-refractivity contribution in [3.05, 3.63) is 75.9 Å². The summed E-state index contributed by atoms with van der Waals surface area (Å²) >= 11 is 0. The van der Waals surface area contributed by atoms with Gasteiger partial charge >= 0.3 is 206 Å². The van der Waals surface area contributed by atoms with Crippen molar-refractivity contribution in [2.24, 2.45) is 4.52 Å². The molecule has 18 heteroatoms. The van der Waals surface area contributed by atoms with Crippen LogP contribution in [0.3, 0.4) is 0 Å². The molecule has 0 unspecified atom stereocenters. The van der Waals surface area contributed by atoms with Crippen molar-refractivity contribution in [2.45, 2.75) is 0 Å². The second-order valence-corrected chi connectivity index (χ2v) is 13.1. The van der Waals surface area contributed by atoms with Gasteiger partial charge in [0.05, 0.1) is 0 Å². The summed E-state index contributed by atoms with van der Waals surface area (Å²) in [5, 5.41) is 0. The first-order valence-corrected chi connectivity index (χ1v) is 14.4. The van der Waals surface area contributed by atoms with Crippen molar-refractivity contribution in [3.63, 3.8) is 0 Å². The Balaban J connectivity index is 4.13. The predicted molar refractivity (Wildman–Crippen MR) is 130 cm³/mol. The van der Waals surface area contributed by atoms with Gasteiger partial charge in [-0.3, -0.25) is 0 Å². The summed E-state index contributed by atoms with van der Waals surface area (Å²) in [6.45, 7) is 19.2. The van der Waals surface area contributed by atoms with Gasteiger partial charge in [-0.25, -0.2) is 0 Å². The Bertz CT molecular complexity index is 1050. The summed E-state index contributed by atoms with van der Waals surface area (Å²) in [7, 11) is -14.8. The number of hydrogen-bond acceptors (Lipinski definition) is 15. The molecule has 1 aliphatic heterocycles. The summed E-state index contributed by atoms with van der Waals surface area (Å²) in [6, 6.07) is 0. The van der Waals surface area contributed by atoms with Crippen LogP contribution in [0, 0.1) is 0 Å². The van der Waals surface area contributed by atoms with Gasteiger partial charge in [0.2, 0.25) is 0 Å². The van der Waals surface area contributed by atoms with Gasteiger partial charge in [-0.15, -0.1) is 0 Å². The minimum atomic E-state index is -5.10. The first-order valence-electron chi connectivity index (χ1n) is 9.21. The summed E-state index contributed by atoms with van der Waals surface area (Å²) < 4.78 is 34.8. The van der Waals surface area contributed by atoms with Gasteiger partial charge in [0.25, 0.3) is 0 Å². The van der Waals surface area contributed by atoms with E-state index >= 15 is 0 Å². The van der Waals surface area contributed by atoms with Gasteiger partial charge < -0.3 is 0 Å². The van der Waals surface area contributed by atoms with E-state index in [0.717, 1.165) is 0 Å². The second-order valence-electron chi connectivity index (χ2n) is 5.79. The normalized spacial score (nSPS) is 17.9. The molecular formula is C18H22N3O12P3. The number of nitrogens with zero attached hydrogens (tertiary/aromatic N) is 1. The molecule has 0 saturated carbocycles. The zero-order chi connectivity index (χ0) is 27.6. The van der Waals surface area contributed by atoms with Crippen molar-refractivity contribution in [1.29, 1.82) is 0 Å². The molecule has 0 spiro atoms. The quantitative estimate of drug-likeness (QED) is 0.258. The van der Waals surface area contributed by atoms with Crippen molar-refractivity contribution in [1.82, 2.24) is 9.72 Å². The van der Waals surface area contributed by atoms with Gasteiger partial charge in [-0.2, -0.15) is 0 Å². The monoisotopic (exact) mass is 565 g/mol. The fourth-order valence-electron chi connectivity index (χ4n) is 2.02. The molecule has 1 rings (SSSR count). The Morgan fingerprint density at radius 3 is 1.25 bits per heavy atom. The molecule has 36 heavy (non-hydrogen) atoms. The molecule has 0 fully saturated rings. The van der Waals surface area contributed by atoms with Crippen LogP contribution >= 0.6 is 23.7 Å². The summed E-state index contributed by atoms with van der Waals surface area (Å²) in [4.78, 5) is 77.7. The van der Waals surface area contributed by atoms with E-state index in [1.54, 1.807) is 0 Å². The molecule has 1 aliphatic rings. The molecule has 0 radical (unpaired) electrons. The minimum absolute atomic E-state index is 0.631. The van der Waals surface area contributed by atoms with E-state index in [1.165, 1.54) is 0 Å². The molecule has 15 nitrogen and oxygen atoms in total. The third kappa shape index (κ3) is 8.19. The number of carbonyl (C=O) groups is 6. The number of rotatable bonds is 12. The van der Waals surface area contributed by atoms with E-state index in [2.05, 4.69) is 53.7 Å². The predicted octanol–water partition coefficient (Wildman–Crippen LogP) is 2.32. The third-order valence-corrected chi connectivity index (χ3v) is 13.1. The van der Waals surface area contributed by atoms with Crippen LogP contribution in [-0.2, 0) is 55.9 Å². The van der Waals surface area contributed by atoms with Crippen molar-refractivity contribution in [3.8, 4) is 0 Å². The van der Waals surface area contributed by atoms with E-state index in [9.17, 15) is 28.8 Å². The van der Waals surface area contributed by atoms with Crippen LogP contribution in [0.15, 0.2) is 80.4 Å². The molecule has 0 atom stereocenters. The van der Waals surface area contributed by atoms with Crippen molar-refractivity contribution in [2.75, 3.05) is 0 Å². The van der Waals surface area contributed by atoms with Crippen LogP contribution < -0.4 is 9.72 Å². The van der Waals surface area contributed by atoms with Gasteiger partial charge in [0, 0.05) is 0 Å². The molecule has 2 N–H and O–H groups in total. The first kappa shape index (κ1) is 30.3. The Morgan fingerprint density at radius 2 is 0.917 bits per heavy atom. The van der Waals surface area contributed by atoms with Crippen molar-refractivity contribution >= 4 is 59.5 Å². The zero-order valence-electron chi connectivity index (χ0n) is 18.5. The van der Waals surface area contributed by atoms with Gasteiger partial charge in [0.15, 0.2) is 0 Å². The average molecular weight is 565 g/mol. The first-order chi connectivity index (χ1) is 16.8. The molecule has 0 aromatic carbocycles. The summed E-state index contributed by atoms with van der Waals surface area (Å²) in [5.74, 6) is -7.52. The molecule has 1 heterocycles. The second kappa shape index (κ2) is 12.8. The van der Waals surface area contributed by atoms with Crippen LogP contribution in [0.2, 0.25) is 0 Å². The molecule has 0 aromatic rings. The fourth-order valence-corrected chi connectivity index (χ4v) is 13.0.